The number of oxime groups is 1. The van der Waals surface area contributed by atoms with Crippen LogP contribution in [0.2, 0.25) is 0 Å². The molecule has 0 aromatic carbocycles. The molecule has 0 saturated carbocycles. The largest absolute Gasteiger partial charge is 0.467 e. The molecule has 0 amide bonds. The van der Waals surface area contributed by atoms with Gasteiger partial charge in [-0.2, -0.15) is 0 Å². The zero-order chi connectivity index (χ0) is 18.3. The molecule has 134 valence electrons. The highest BCUT2D eigenvalue weighted by atomic mass is 16.7. The predicted octanol–water partition coefficient (Wildman–Crippen LogP) is -1.09. The molecule has 0 spiro atoms. The number of ether oxygens (including phenoxy) is 1. The van der Waals surface area contributed by atoms with E-state index in [2.05, 4.69) is 15.5 Å². The second-order valence-electron chi connectivity index (χ2n) is 5.69. The lowest BCUT2D eigenvalue weighted by Gasteiger charge is -2.13. The van der Waals surface area contributed by atoms with Crippen molar-refractivity contribution in [3.63, 3.8) is 0 Å². The number of aromatic nitrogens is 4. The van der Waals surface area contributed by atoms with Crippen LogP contribution in [-0.4, -0.2) is 43.8 Å². The van der Waals surface area contributed by atoms with Crippen molar-refractivity contribution in [2.24, 2.45) is 12.2 Å². The van der Waals surface area contributed by atoms with Crippen LogP contribution in [0.15, 0.2) is 21.1 Å². The highest BCUT2D eigenvalue weighted by Crippen LogP contribution is 2.14. The van der Waals surface area contributed by atoms with Crippen molar-refractivity contribution in [1.29, 1.82) is 0 Å². The van der Waals surface area contributed by atoms with E-state index in [0.717, 1.165) is 4.57 Å². The fourth-order valence-corrected chi connectivity index (χ4v) is 2.66. The molecule has 0 radical (unpaired) electrons. The lowest BCUT2D eigenvalue weighted by Crippen LogP contribution is -2.43. The van der Waals surface area contributed by atoms with Crippen LogP contribution < -0.4 is 16.6 Å². The molecule has 1 aliphatic rings. The molecule has 0 saturated heterocycles. The Kier molecular flexibility index (Phi) is 4.07. The van der Waals surface area contributed by atoms with Crippen molar-refractivity contribution in [2.45, 2.75) is 32.7 Å². The van der Waals surface area contributed by atoms with Crippen LogP contribution in [0.4, 0.5) is 0 Å². The molecule has 3 heterocycles. The Morgan fingerprint density at radius 3 is 2.80 bits per heavy atom. The minimum absolute atomic E-state index is 0.0798. The van der Waals surface area contributed by atoms with Gasteiger partial charge in [0.1, 0.15) is 6.04 Å². The van der Waals surface area contributed by atoms with Gasteiger partial charge in [0, 0.05) is 7.05 Å². The number of nitrogens with zero attached hydrogens (tertiary/aromatic N) is 5. The van der Waals surface area contributed by atoms with Crippen molar-refractivity contribution >= 4 is 23.0 Å². The molecular weight excluding hydrogens is 332 g/mol. The maximum absolute atomic E-state index is 12.9. The molecule has 2 unspecified atom stereocenters. The molecule has 2 atom stereocenters. The number of hydrogen-bond acceptors (Lipinski definition) is 8. The van der Waals surface area contributed by atoms with Crippen molar-refractivity contribution in [3.05, 3.63) is 27.2 Å². The summed E-state index contributed by atoms with van der Waals surface area (Å²) in [5.74, 6) is -0.165. The number of methoxy groups -OCH3 is 1. The standard InChI is InChI=1S/C14H18N6O5/c1-7(13(22)24-4)20-6-15-11-10(20)12(21)19(14(23)18(11)3)5-9-16-8(2)25-17-9/h6-8H,5H2,1-4H3,(H,16,17). The van der Waals surface area contributed by atoms with E-state index in [1.54, 1.807) is 13.8 Å². The number of hydrogen-bond donors (Lipinski definition) is 1. The van der Waals surface area contributed by atoms with Crippen LogP contribution in [-0.2, 0) is 28.0 Å². The van der Waals surface area contributed by atoms with E-state index in [9.17, 15) is 14.4 Å². The van der Waals surface area contributed by atoms with E-state index in [1.807, 2.05) is 0 Å². The Balaban J connectivity index is 2.17. The number of imidazole rings is 1. The third-order valence-electron chi connectivity index (χ3n) is 4.02. The van der Waals surface area contributed by atoms with Gasteiger partial charge < -0.3 is 19.5 Å². The molecule has 25 heavy (non-hydrogen) atoms. The number of carbonyl (C=O) groups excluding carboxylic acids is 1. The molecule has 0 aliphatic carbocycles. The molecule has 0 bridgehead atoms. The van der Waals surface area contributed by atoms with E-state index in [0.29, 0.717) is 5.84 Å². The molecule has 1 N–H and O–H groups in total. The van der Waals surface area contributed by atoms with Crippen molar-refractivity contribution in [3.8, 4) is 0 Å². The zero-order valence-corrected chi connectivity index (χ0v) is 14.2. The van der Waals surface area contributed by atoms with E-state index >= 15 is 0 Å². The summed E-state index contributed by atoms with van der Waals surface area (Å²) in [4.78, 5) is 46.3. The average Bonchev–Trinajstić information content (AvgIpc) is 3.21. The number of carbonyl (C=O) groups is 1. The second-order valence-corrected chi connectivity index (χ2v) is 5.69. The Morgan fingerprint density at radius 2 is 2.20 bits per heavy atom. The SMILES string of the molecule is COC(=O)C(C)n1cnc2c1c(=O)n(CC1=NOC(C)N1)c(=O)n2C. The average molecular weight is 350 g/mol. The Morgan fingerprint density at radius 1 is 1.48 bits per heavy atom. The molecule has 0 fully saturated rings. The van der Waals surface area contributed by atoms with Crippen LogP contribution in [0.25, 0.3) is 11.2 Å². The van der Waals surface area contributed by atoms with Gasteiger partial charge in [0.05, 0.1) is 20.0 Å². The summed E-state index contributed by atoms with van der Waals surface area (Å²) in [6, 6.07) is -0.765. The molecular formula is C14H18N6O5. The molecule has 11 heteroatoms. The third kappa shape index (κ3) is 2.66. The molecule has 1 aliphatic heterocycles. The van der Waals surface area contributed by atoms with Crippen molar-refractivity contribution in [2.75, 3.05) is 7.11 Å². The third-order valence-corrected chi connectivity index (χ3v) is 4.02. The predicted molar refractivity (Wildman–Crippen MR) is 87.1 cm³/mol. The number of rotatable bonds is 4. The smallest absolute Gasteiger partial charge is 0.332 e. The lowest BCUT2D eigenvalue weighted by atomic mass is 10.3. The molecule has 2 aromatic heterocycles. The highest BCUT2D eigenvalue weighted by molar-refractivity contribution is 5.83. The monoisotopic (exact) mass is 350 g/mol. The molecule has 11 nitrogen and oxygen atoms in total. The number of nitrogens with one attached hydrogen (secondary N) is 1. The van der Waals surface area contributed by atoms with Gasteiger partial charge >= 0.3 is 11.7 Å². The molecule has 3 rings (SSSR count). The van der Waals surface area contributed by atoms with Gasteiger partial charge in [-0.3, -0.25) is 13.9 Å². The zero-order valence-electron chi connectivity index (χ0n) is 14.2. The minimum atomic E-state index is -0.765. The second kappa shape index (κ2) is 6.07. The summed E-state index contributed by atoms with van der Waals surface area (Å²) >= 11 is 0. The van der Waals surface area contributed by atoms with E-state index in [1.165, 1.54) is 29.6 Å². The number of aryl methyl sites for hydroxylation is 1. The van der Waals surface area contributed by atoms with Crippen LogP contribution in [0.3, 0.4) is 0 Å². The summed E-state index contributed by atoms with van der Waals surface area (Å²) < 4.78 is 8.37. The minimum Gasteiger partial charge on any atom is -0.467 e. The maximum Gasteiger partial charge on any atom is 0.332 e. The summed E-state index contributed by atoms with van der Waals surface area (Å²) in [5.41, 5.74) is -0.798. The first-order chi connectivity index (χ1) is 11.8. The first-order valence-electron chi connectivity index (χ1n) is 7.58. The summed E-state index contributed by atoms with van der Waals surface area (Å²) in [5, 5.41) is 6.70. The molecule has 2 aromatic rings. The van der Waals surface area contributed by atoms with E-state index in [-0.39, 0.29) is 23.9 Å². The van der Waals surface area contributed by atoms with Crippen LogP contribution in [0.5, 0.6) is 0 Å². The van der Waals surface area contributed by atoms with Gasteiger partial charge in [0.2, 0.25) is 0 Å². The Bertz CT molecular complexity index is 984. The van der Waals surface area contributed by atoms with Gasteiger partial charge in [0.25, 0.3) is 5.56 Å². The fraction of sp³-hybridized carbons (Fsp3) is 0.500. The van der Waals surface area contributed by atoms with E-state index in [4.69, 9.17) is 9.57 Å². The number of amidine groups is 1. The quantitative estimate of drug-likeness (QED) is 0.695. The van der Waals surface area contributed by atoms with Crippen LogP contribution in [0, 0.1) is 0 Å². The first-order valence-corrected chi connectivity index (χ1v) is 7.58. The highest BCUT2D eigenvalue weighted by Gasteiger charge is 2.24. The van der Waals surface area contributed by atoms with Gasteiger partial charge in [-0.15, -0.1) is 0 Å². The van der Waals surface area contributed by atoms with E-state index < -0.39 is 23.3 Å². The Labute approximate surface area is 141 Å². The van der Waals surface area contributed by atoms with Gasteiger partial charge in [-0.1, -0.05) is 5.16 Å². The maximum atomic E-state index is 12.9. The van der Waals surface area contributed by atoms with Gasteiger partial charge in [-0.25, -0.2) is 14.6 Å². The van der Waals surface area contributed by atoms with Crippen molar-refractivity contribution in [1.82, 2.24) is 24.0 Å². The summed E-state index contributed by atoms with van der Waals surface area (Å²) in [7, 11) is 2.76. The normalized spacial score (nSPS) is 17.8. The van der Waals surface area contributed by atoms with Gasteiger partial charge in [0.15, 0.2) is 23.2 Å². The number of fused-ring (bicyclic) bond motifs is 1. The lowest BCUT2D eigenvalue weighted by molar-refractivity contribution is -0.143. The Hall–Kier alpha value is -3.11. The topological polar surface area (TPSA) is 122 Å². The summed E-state index contributed by atoms with van der Waals surface area (Å²) in [6.07, 6.45) is 1.01. The fourth-order valence-electron chi connectivity index (χ4n) is 2.66. The number of esters is 1. The van der Waals surface area contributed by atoms with Crippen molar-refractivity contribution < 1.29 is 14.4 Å². The van der Waals surface area contributed by atoms with Crippen LogP contribution >= 0.6 is 0 Å². The summed E-state index contributed by atoms with van der Waals surface area (Å²) in [6.45, 7) is 3.25. The van der Waals surface area contributed by atoms with Crippen LogP contribution in [0.1, 0.15) is 19.9 Å². The first kappa shape index (κ1) is 16.7. The van der Waals surface area contributed by atoms with Gasteiger partial charge in [-0.05, 0) is 13.8 Å².